The Labute approximate surface area is 175 Å². The number of non-ortho nitro benzene ring substituents is 1. The lowest BCUT2D eigenvalue weighted by molar-refractivity contribution is -0.384. The summed E-state index contributed by atoms with van der Waals surface area (Å²) in [5.74, 6) is -0.0565. The van der Waals surface area contributed by atoms with Crippen LogP contribution in [0.25, 0.3) is 0 Å². The maximum Gasteiger partial charge on any atom is 0.319 e. The van der Waals surface area contributed by atoms with E-state index in [2.05, 4.69) is 21.3 Å². The minimum Gasteiger partial charge on any atom is -0.385 e. The molecule has 0 unspecified atom stereocenters. The number of nitro benzene ring substituents is 1. The molecule has 2 aromatic carbocycles. The van der Waals surface area contributed by atoms with Gasteiger partial charge in [-0.2, -0.15) is 0 Å². The van der Waals surface area contributed by atoms with Crippen LogP contribution in [0.1, 0.15) is 32.3 Å². The van der Waals surface area contributed by atoms with Gasteiger partial charge >= 0.3 is 6.03 Å². The van der Waals surface area contributed by atoms with Crippen LogP contribution in [0, 0.1) is 10.1 Å². The van der Waals surface area contributed by atoms with Crippen molar-refractivity contribution in [1.29, 1.82) is 0 Å². The fourth-order valence-corrected chi connectivity index (χ4v) is 2.61. The van der Waals surface area contributed by atoms with E-state index < -0.39 is 4.92 Å². The van der Waals surface area contributed by atoms with Crippen LogP contribution in [0.3, 0.4) is 0 Å². The van der Waals surface area contributed by atoms with Gasteiger partial charge in [-0.1, -0.05) is 12.1 Å². The maximum absolute atomic E-state index is 12.0. The van der Waals surface area contributed by atoms with E-state index in [0.717, 1.165) is 11.3 Å². The quantitative estimate of drug-likeness (QED) is 0.269. The lowest BCUT2D eigenvalue weighted by Crippen LogP contribution is -2.34. The monoisotopic (exact) mass is 413 g/mol. The molecule has 0 aliphatic carbocycles. The molecule has 0 bridgehead atoms. The number of nitrogens with one attached hydrogen (secondary N) is 4. The normalized spacial score (nSPS) is 10.4. The number of nitrogens with zero attached hydrogens (tertiary/aromatic N) is 1. The summed E-state index contributed by atoms with van der Waals surface area (Å²) >= 11 is 0. The molecule has 0 atom stereocenters. The molecule has 0 aliphatic heterocycles. The lowest BCUT2D eigenvalue weighted by atomic mass is 10.2. The van der Waals surface area contributed by atoms with Crippen molar-refractivity contribution >= 4 is 29.0 Å². The molecule has 3 amide bonds. The highest BCUT2D eigenvalue weighted by molar-refractivity contribution is 5.89. The smallest absolute Gasteiger partial charge is 0.319 e. The van der Waals surface area contributed by atoms with Gasteiger partial charge in [0.05, 0.1) is 4.92 Å². The van der Waals surface area contributed by atoms with Crippen molar-refractivity contribution in [3.63, 3.8) is 0 Å². The number of urea groups is 1. The van der Waals surface area contributed by atoms with Crippen LogP contribution in [-0.2, 0) is 11.3 Å². The number of benzene rings is 2. The Bertz CT molecular complexity index is 851. The molecule has 4 N–H and O–H groups in total. The van der Waals surface area contributed by atoms with Gasteiger partial charge in [0.1, 0.15) is 0 Å². The third-order valence-corrected chi connectivity index (χ3v) is 4.11. The number of amides is 3. The summed E-state index contributed by atoms with van der Waals surface area (Å²) in [7, 11) is 0. The number of rotatable bonds is 10. The number of anilines is 2. The van der Waals surface area contributed by atoms with E-state index in [0.29, 0.717) is 31.6 Å². The third-order valence-electron chi connectivity index (χ3n) is 4.11. The predicted octanol–water partition coefficient (Wildman–Crippen LogP) is 3.63. The summed E-state index contributed by atoms with van der Waals surface area (Å²) < 4.78 is 0. The fourth-order valence-electron chi connectivity index (χ4n) is 2.61. The van der Waals surface area contributed by atoms with Crippen LogP contribution in [0.2, 0.25) is 0 Å². The van der Waals surface area contributed by atoms with Gasteiger partial charge in [0.2, 0.25) is 5.91 Å². The van der Waals surface area contributed by atoms with Crippen molar-refractivity contribution in [2.24, 2.45) is 0 Å². The molecule has 0 spiro atoms. The Kier molecular flexibility index (Phi) is 8.61. The highest BCUT2D eigenvalue weighted by Crippen LogP contribution is 2.15. The Hall–Kier alpha value is -3.62. The van der Waals surface area contributed by atoms with Crippen LogP contribution in [-0.4, -0.2) is 29.4 Å². The van der Waals surface area contributed by atoms with E-state index >= 15 is 0 Å². The Morgan fingerprint density at radius 3 is 2.23 bits per heavy atom. The number of hydrogen-bond donors (Lipinski definition) is 4. The first-order chi connectivity index (χ1) is 14.3. The van der Waals surface area contributed by atoms with Crippen molar-refractivity contribution in [1.82, 2.24) is 10.6 Å². The van der Waals surface area contributed by atoms with Crippen molar-refractivity contribution in [2.75, 3.05) is 17.2 Å². The number of carbonyl (C=O) groups is 2. The van der Waals surface area contributed by atoms with Crippen molar-refractivity contribution < 1.29 is 14.5 Å². The minimum absolute atomic E-state index is 0.0440. The molecule has 0 heterocycles. The summed E-state index contributed by atoms with van der Waals surface area (Å²) in [6, 6.07) is 13.2. The second-order valence-electron chi connectivity index (χ2n) is 7.06. The zero-order valence-electron chi connectivity index (χ0n) is 17.1. The minimum atomic E-state index is -0.443. The van der Waals surface area contributed by atoms with E-state index in [4.69, 9.17) is 0 Å². The van der Waals surface area contributed by atoms with Gasteiger partial charge in [-0.05, 0) is 50.1 Å². The van der Waals surface area contributed by atoms with Gasteiger partial charge in [-0.25, -0.2) is 4.79 Å². The lowest BCUT2D eigenvalue weighted by Gasteiger charge is -2.11. The van der Waals surface area contributed by atoms with Gasteiger partial charge in [-0.15, -0.1) is 0 Å². The largest absolute Gasteiger partial charge is 0.385 e. The van der Waals surface area contributed by atoms with E-state index in [1.54, 1.807) is 24.3 Å². The van der Waals surface area contributed by atoms with Crippen molar-refractivity contribution in [2.45, 2.75) is 39.3 Å². The van der Waals surface area contributed by atoms with Crippen LogP contribution >= 0.6 is 0 Å². The third kappa shape index (κ3) is 8.17. The van der Waals surface area contributed by atoms with Crippen LogP contribution in [0.5, 0.6) is 0 Å². The number of carbonyl (C=O) groups excluding carboxylic acids is 2. The SMILES string of the molecule is CC(C)NC(=O)Nc1ccc(CNC(=O)CCCNc2ccc([N+](=O)[O-])cc2)cc1. The Balaban J connectivity index is 1.64. The molecule has 0 fully saturated rings. The molecule has 0 aromatic heterocycles. The Morgan fingerprint density at radius 1 is 1.00 bits per heavy atom. The zero-order chi connectivity index (χ0) is 21.9. The van der Waals surface area contributed by atoms with Gasteiger partial charge in [0.25, 0.3) is 5.69 Å². The van der Waals surface area contributed by atoms with E-state index in [1.807, 2.05) is 26.0 Å². The number of nitro groups is 1. The topological polar surface area (TPSA) is 125 Å². The highest BCUT2D eigenvalue weighted by atomic mass is 16.6. The second kappa shape index (κ2) is 11.4. The summed E-state index contributed by atoms with van der Waals surface area (Å²) in [6.07, 6.45) is 1.01. The fraction of sp³-hybridized carbons (Fsp3) is 0.333. The van der Waals surface area contributed by atoms with Crippen molar-refractivity contribution in [3.8, 4) is 0 Å². The van der Waals surface area contributed by atoms with E-state index in [-0.39, 0.29) is 23.7 Å². The van der Waals surface area contributed by atoms with E-state index in [9.17, 15) is 19.7 Å². The van der Waals surface area contributed by atoms with Gasteiger partial charge in [-0.3, -0.25) is 14.9 Å². The Morgan fingerprint density at radius 2 is 1.63 bits per heavy atom. The standard InChI is InChI=1S/C21H27N5O4/c1-15(2)24-21(28)25-18-7-5-16(6-8-18)14-23-20(27)4-3-13-22-17-9-11-19(12-10-17)26(29)30/h5-12,15,22H,3-4,13-14H2,1-2H3,(H,23,27)(H2,24,25,28). The predicted molar refractivity (Wildman–Crippen MR) is 116 cm³/mol. The molecule has 0 saturated carbocycles. The van der Waals surface area contributed by atoms with Gasteiger partial charge < -0.3 is 21.3 Å². The maximum atomic E-state index is 12.0. The average molecular weight is 413 g/mol. The summed E-state index contributed by atoms with van der Waals surface area (Å²) in [4.78, 5) is 33.8. The summed E-state index contributed by atoms with van der Waals surface area (Å²) in [5, 5.41) is 22.1. The van der Waals surface area contributed by atoms with Gasteiger partial charge in [0.15, 0.2) is 0 Å². The molecule has 30 heavy (non-hydrogen) atoms. The first-order valence-corrected chi connectivity index (χ1v) is 9.75. The molecular weight excluding hydrogens is 386 g/mol. The van der Waals surface area contributed by atoms with Crippen molar-refractivity contribution in [3.05, 3.63) is 64.2 Å². The van der Waals surface area contributed by atoms with E-state index in [1.165, 1.54) is 12.1 Å². The molecular formula is C21H27N5O4. The van der Waals surface area contributed by atoms with Crippen LogP contribution in [0.15, 0.2) is 48.5 Å². The molecule has 9 nitrogen and oxygen atoms in total. The first-order valence-electron chi connectivity index (χ1n) is 9.75. The second-order valence-corrected chi connectivity index (χ2v) is 7.06. The molecule has 0 radical (unpaired) electrons. The molecule has 2 aromatic rings. The number of hydrogen-bond acceptors (Lipinski definition) is 5. The van der Waals surface area contributed by atoms with Crippen LogP contribution < -0.4 is 21.3 Å². The highest BCUT2D eigenvalue weighted by Gasteiger charge is 2.06. The van der Waals surface area contributed by atoms with Gasteiger partial charge in [0, 0.05) is 49.1 Å². The molecule has 160 valence electrons. The molecule has 2 rings (SSSR count). The zero-order valence-corrected chi connectivity index (χ0v) is 17.1. The first kappa shape index (κ1) is 22.7. The summed E-state index contributed by atoms with van der Waals surface area (Å²) in [5.41, 5.74) is 2.43. The van der Waals surface area contributed by atoms with Crippen LogP contribution in [0.4, 0.5) is 21.9 Å². The molecule has 9 heteroatoms. The molecule has 0 saturated heterocycles. The summed E-state index contributed by atoms with van der Waals surface area (Å²) in [6.45, 7) is 4.77. The molecule has 0 aliphatic rings. The average Bonchev–Trinajstić information content (AvgIpc) is 2.70.